The molecule has 0 saturated heterocycles. The molecular formula is C4H6BCl3NSi. The fraction of sp³-hybridized carbons (Fsp3) is 0. The highest BCUT2D eigenvalue weighted by Crippen LogP contribution is 2.10. The molecule has 0 amide bonds. The Morgan fingerprint density at radius 3 is 2.50 bits per heavy atom. The van der Waals surface area contributed by atoms with Gasteiger partial charge in [-0.1, -0.05) is 11.7 Å². The first kappa shape index (κ1) is 10.4. The number of hydrogen-bond acceptors (Lipinski definition) is 1. The highest BCUT2D eigenvalue weighted by Gasteiger charge is 2.21. The van der Waals surface area contributed by atoms with Crippen molar-refractivity contribution in [1.29, 1.82) is 0 Å². The predicted molar refractivity (Wildman–Crippen MR) is 51.5 cm³/mol. The first-order chi connectivity index (χ1) is 4.62. The third kappa shape index (κ3) is 5.24. The van der Waals surface area contributed by atoms with E-state index >= 15 is 0 Å². The second-order valence-electron chi connectivity index (χ2n) is 1.46. The van der Waals surface area contributed by atoms with E-state index in [0.29, 0.717) is 0 Å². The molecule has 0 saturated carbocycles. The lowest BCUT2D eigenvalue weighted by Crippen LogP contribution is -2.33. The Kier molecular flexibility index (Phi) is 5.35. The molecule has 0 heterocycles. The lowest BCUT2D eigenvalue weighted by Gasteiger charge is -2.09. The van der Waals surface area contributed by atoms with E-state index in [9.17, 15) is 0 Å². The molecule has 6 heteroatoms. The summed E-state index contributed by atoms with van der Waals surface area (Å²) in [4.78, 5) is 2.77. The van der Waals surface area contributed by atoms with Crippen molar-refractivity contribution in [2.24, 2.45) is 0 Å². The van der Waals surface area contributed by atoms with Crippen molar-refractivity contribution in [2.45, 2.75) is 0 Å². The van der Waals surface area contributed by atoms with Crippen molar-refractivity contribution >= 4 is 47.2 Å². The smallest absolute Gasteiger partial charge is 0.374 e. The van der Waals surface area contributed by atoms with E-state index in [4.69, 9.17) is 33.6 Å². The number of nitrogens with one attached hydrogen (secondary N) is 1. The van der Waals surface area contributed by atoms with E-state index in [1.807, 2.05) is 0 Å². The molecule has 0 spiro atoms. The summed E-state index contributed by atoms with van der Waals surface area (Å²) in [6.07, 6.45) is 1.58. The molecule has 1 nitrogen and oxygen atoms in total. The van der Waals surface area contributed by atoms with E-state index in [2.05, 4.69) is 11.6 Å². The van der Waals surface area contributed by atoms with Crippen molar-refractivity contribution in [3.05, 3.63) is 24.5 Å². The molecule has 0 aliphatic rings. The second-order valence-corrected chi connectivity index (χ2v) is 7.81. The van der Waals surface area contributed by atoms with Crippen molar-refractivity contribution < 1.29 is 0 Å². The maximum Gasteiger partial charge on any atom is 0.374 e. The summed E-state index contributed by atoms with van der Waals surface area (Å²) in [5, 5.41) is 0. The first-order valence-electron chi connectivity index (χ1n) is 2.50. The third-order valence-corrected chi connectivity index (χ3v) is 3.49. The Balaban J connectivity index is 3.66. The zero-order chi connectivity index (χ0) is 8.04. The van der Waals surface area contributed by atoms with Gasteiger partial charge in [0, 0.05) is 0 Å². The summed E-state index contributed by atoms with van der Waals surface area (Å²) >= 11 is 16.7. The second kappa shape index (κ2) is 5.13. The van der Waals surface area contributed by atoms with Crippen molar-refractivity contribution in [3.63, 3.8) is 0 Å². The number of halogens is 3. The Morgan fingerprint density at radius 1 is 1.50 bits per heavy atom. The largest absolute Gasteiger partial charge is 0.391 e. The normalized spacial score (nSPS) is 11.5. The molecule has 0 aromatic carbocycles. The number of hydrogen-bond donors (Lipinski definition) is 1. The van der Waals surface area contributed by atoms with Gasteiger partial charge in [-0.2, -0.15) is 11.5 Å². The van der Waals surface area contributed by atoms with E-state index < -0.39 is 6.86 Å². The van der Waals surface area contributed by atoms with E-state index in [1.165, 1.54) is 12.4 Å². The van der Waals surface area contributed by atoms with Crippen LogP contribution >= 0.6 is 33.6 Å². The lowest BCUT2D eigenvalue weighted by molar-refractivity contribution is 1.36. The summed E-state index contributed by atoms with van der Waals surface area (Å²) in [5.74, 6) is 1.59. The van der Waals surface area contributed by atoms with Crippen LogP contribution in [0.5, 0.6) is 0 Å². The molecule has 0 aliphatic heterocycles. The van der Waals surface area contributed by atoms with Gasteiger partial charge in [0.2, 0.25) is 0 Å². The van der Waals surface area contributed by atoms with Crippen LogP contribution in [-0.4, -0.2) is 13.5 Å². The van der Waals surface area contributed by atoms with Crippen LogP contribution in [0.25, 0.3) is 0 Å². The maximum atomic E-state index is 5.72. The van der Waals surface area contributed by atoms with Gasteiger partial charge in [0.05, 0.1) is 0 Å². The molecule has 1 N–H and O–H groups in total. The average Bonchev–Trinajstić information content (AvgIpc) is 1.89. The Hall–Kier alpha value is 0.432. The first-order valence-corrected chi connectivity index (χ1v) is 7.04. The molecule has 0 atom stereocenters. The van der Waals surface area contributed by atoms with Crippen molar-refractivity contribution in [3.8, 4) is 0 Å². The van der Waals surface area contributed by atoms with Gasteiger partial charge < -0.3 is 4.98 Å². The molecule has 0 aliphatic carbocycles. The SMILES string of the molecule is C=C[Si](Cl)(Cl)NC=C[B]Cl. The summed E-state index contributed by atoms with van der Waals surface area (Å²) in [5.41, 5.74) is 1.51. The molecule has 1 radical (unpaired) electrons. The monoisotopic (exact) mass is 212 g/mol. The highest BCUT2D eigenvalue weighted by molar-refractivity contribution is 7.46. The minimum absolute atomic E-state index is 1.36. The fourth-order valence-electron chi connectivity index (χ4n) is 0.255. The Bertz CT molecular complexity index is 138. The van der Waals surface area contributed by atoms with Crippen molar-refractivity contribution in [2.75, 3.05) is 0 Å². The van der Waals surface area contributed by atoms with Gasteiger partial charge in [-0.05, 0) is 6.20 Å². The molecule has 0 rings (SSSR count). The molecule has 0 unspecified atom stereocenters. The summed E-state index contributed by atoms with van der Waals surface area (Å²) in [6, 6.07) is 0. The topological polar surface area (TPSA) is 12.0 Å². The van der Waals surface area contributed by atoms with Gasteiger partial charge in [-0.15, -0.1) is 28.7 Å². The highest BCUT2D eigenvalue weighted by atomic mass is 35.7. The van der Waals surface area contributed by atoms with Crippen LogP contribution in [0, 0.1) is 0 Å². The van der Waals surface area contributed by atoms with Gasteiger partial charge in [-0.25, -0.2) is 0 Å². The third-order valence-electron chi connectivity index (χ3n) is 0.701. The molecule has 0 aromatic rings. The van der Waals surface area contributed by atoms with Gasteiger partial charge in [0.1, 0.15) is 0 Å². The molecule has 0 bridgehead atoms. The minimum Gasteiger partial charge on any atom is -0.391 e. The predicted octanol–water partition coefficient (Wildman–Crippen LogP) is 2.05. The molecule has 55 valence electrons. The molecule has 10 heavy (non-hydrogen) atoms. The van der Waals surface area contributed by atoms with E-state index in [1.54, 1.807) is 12.2 Å². The number of rotatable bonds is 4. The van der Waals surface area contributed by atoms with Crippen LogP contribution in [0.3, 0.4) is 0 Å². The average molecular weight is 213 g/mol. The van der Waals surface area contributed by atoms with Crippen LogP contribution < -0.4 is 4.98 Å². The van der Waals surface area contributed by atoms with Crippen LogP contribution in [0.2, 0.25) is 0 Å². The fourth-order valence-corrected chi connectivity index (χ4v) is 1.14. The van der Waals surface area contributed by atoms with Gasteiger partial charge in [-0.3, -0.25) is 0 Å². The van der Waals surface area contributed by atoms with Gasteiger partial charge in [0.25, 0.3) is 6.69 Å². The van der Waals surface area contributed by atoms with Crippen LogP contribution in [0.4, 0.5) is 0 Å². The minimum atomic E-state index is -2.42. The Labute approximate surface area is 76.7 Å². The van der Waals surface area contributed by atoms with Crippen molar-refractivity contribution in [1.82, 2.24) is 4.98 Å². The molecule has 0 aromatic heterocycles. The van der Waals surface area contributed by atoms with Gasteiger partial charge in [0.15, 0.2) is 0 Å². The van der Waals surface area contributed by atoms with E-state index in [0.717, 1.165) is 0 Å². The molecule has 0 fully saturated rings. The molecular weight excluding hydrogens is 207 g/mol. The summed E-state index contributed by atoms with van der Waals surface area (Å²) < 4.78 is 0. The van der Waals surface area contributed by atoms with Crippen LogP contribution in [0.15, 0.2) is 24.5 Å². The zero-order valence-electron chi connectivity index (χ0n) is 5.15. The maximum absolute atomic E-state index is 5.72. The van der Waals surface area contributed by atoms with Gasteiger partial charge >= 0.3 is 6.86 Å². The summed E-state index contributed by atoms with van der Waals surface area (Å²) in [7, 11) is 0. The standard InChI is InChI=1S/C4H6BCl3NSi/c1-2-10(7,8)9-4-3-5-6/h2-4,9H,1H2. The van der Waals surface area contributed by atoms with E-state index in [-0.39, 0.29) is 0 Å². The summed E-state index contributed by atoms with van der Waals surface area (Å²) in [6.45, 7) is 2.40. The Morgan fingerprint density at radius 2 is 2.10 bits per heavy atom. The van der Waals surface area contributed by atoms with Crippen LogP contribution in [-0.2, 0) is 0 Å². The van der Waals surface area contributed by atoms with Crippen LogP contribution in [0.1, 0.15) is 0 Å². The lowest BCUT2D eigenvalue weighted by atomic mass is 10.1. The zero-order valence-corrected chi connectivity index (χ0v) is 8.42. The quantitative estimate of drug-likeness (QED) is 0.557.